The van der Waals surface area contributed by atoms with Crippen molar-refractivity contribution < 1.29 is 4.74 Å². The van der Waals surface area contributed by atoms with Crippen LogP contribution in [-0.4, -0.2) is 31.6 Å². The van der Waals surface area contributed by atoms with Crippen molar-refractivity contribution in [2.24, 2.45) is 0 Å². The van der Waals surface area contributed by atoms with Crippen molar-refractivity contribution >= 4 is 22.7 Å². The monoisotopic (exact) mass is 504 g/mol. The number of nitrogens with one attached hydrogen (secondary N) is 1. The molecule has 0 saturated heterocycles. The first-order valence-electron chi connectivity index (χ1n) is 11.9. The molecule has 2 aromatic carbocycles. The third kappa shape index (κ3) is 4.49. The molecule has 0 saturated carbocycles. The van der Waals surface area contributed by atoms with Crippen molar-refractivity contribution in [3.05, 3.63) is 94.8 Å². The molecular weight excluding hydrogens is 480 g/mol. The predicted molar refractivity (Wildman–Crippen MR) is 145 cm³/mol. The minimum Gasteiger partial charge on any atom is -0.481 e. The molecule has 1 unspecified atom stereocenters. The lowest BCUT2D eigenvalue weighted by Crippen LogP contribution is -2.28. The van der Waals surface area contributed by atoms with Crippen LogP contribution in [0.5, 0.6) is 5.88 Å². The van der Waals surface area contributed by atoms with Crippen LogP contribution in [0.1, 0.15) is 30.8 Å². The van der Waals surface area contributed by atoms with E-state index in [1.165, 1.54) is 6.20 Å². The van der Waals surface area contributed by atoms with Gasteiger partial charge in [0.2, 0.25) is 11.8 Å². The number of benzene rings is 2. The number of nitrogen functional groups attached to an aromatic ring is 1. The summed E-state index contributed by atoms with van der Waals surface area (Å²) in [7, 11) is 1.55. The maximum Gasteiger partial charge on any atom is 0.266 e. The van der Waals surface area contributed by atoms with Crippen molar-refractivity contribution in [3.8, 4) is 28.8 Å². The van der Waals surface area contributed by atoms with Gasteiger partial charge in [0.05, 0.1) is 35.9 Å². The van der Waals surface area contributed by atoms with Crippen LogP contribution in [0.15, 0.2) is 77.9 Å². The molecule has 0 aliphatic rings. The molecule has 10 heteroatoms. The molecule has 1 atom stereocenters. The molecule has 188 valence electrons. The third-order valence-electron chi connectivity index (χ3n) is 6.15. The van der Waals surface area contributed by atoms with Gasteiger partial charge in [0.1, 0.15) is 23.3 Å². The second-order valence-electron chi connectivity index (χ2n) is 8.44. The van der Waals surface area contributed by atoms with Gasteiger partial charge in [-0.25, -0.2) is 15.0 Å². The summed E-state index contributed by atoms with van der Waals surface area (Å²) >= 11 is 0. The molecule has 0 fully saturated rings. The van der Waals surface area contributed by atoms with E-state index in [9.17, 15) is 10.1 Å². The largest absolute Gasteiger partial charge is 0.481 e. The van der Waals surface area contributed by atoms with Crippen LogP contribution in [0.3, 0.4) is 0 Å². The molecule has 3 N–H and O–H groups in total. The van der Waals surface area contributed by atoms with Crippen molar-refractivity contribution in [1.82, 2.24) is 24.5 Å². The molecule has 5 aromatic rings. The lowest BCUT2D eigenvalue weighted by Gasteiger charge is -2.23. The number of hydrogen-bond acceptors (Lipinski definition) is 9. The maximum atomic E-state index is 14.3. The Morgan fingerprint density at radius 1 is 1.11 bits per heavy atom. The number of nitriles is 1. The fourth-order valence-corrected chi connectivity index (χ4v) is 4.34. The quantitative estimate of drug-likeness (QED) is 0.332. The smallest absolute Gasteiger partial charge is 0.266 e. The minimum atomic E-state index is -0.474. The predicted octanol–water partition coefficient (Wildman–Crippen LogP) is 4.26. The molecule has 10 nitrogen and oxygen atoms in total. The summed E-state index contributed by atoms with van der Waals surface area (Å²) in [6.45, 7) is 1.96. The van der Waals surface area contributed by atoms with E-state index >= 15 is 0 Å². The van der Waals surface area contributed by atoms with Crippen LogP contribution in [-0.2, 0) is 0 Å². The Bertz CT molecular complexity index is 1730. The van der Waals surface area contributed by atoms with Crippen LogP contribution in [0.4, 0.5) is 11.8 Å². The van der Waals surface area contributed by atoms with E-state index in [1.807, 2.05) is 61.5 Å². The van der Waals surface area contributed by atoms with Crippen LogP contribution >= 0.6 is 0 Å². The van der Waals surface area contributed by atoms with E-state index < -0.39 is 6.04 Å². The van der Waals surface area contributed by atoms with Crippen molar-refractivity contribution in [2.75, 3.05) is 18.2 Å². The normalized spacial score (nSPS) is 11.6. The Morgan fingerprint density at radius 3 is 2.66 bits per heavy atom. The maximum absolute atomic E-state index is 14.3. The molecule has 0 radical (unpaired) electrons. The summed E-state index contributed by atoms with van der Waals surface area (Å²) in [5.41, 5.74) is 8.50. The van der Waals surface area contributed by atoms with E-state index in [0.29, 0.717) is 40.3 Å². The van der Waals surface area contributed by atoms with Crippen LogP contribution in [0.25, 0.3) is 27.7 Å². The number of nitrogens with two attached hydrogens (primary N) is 1. The Morgan fingerprint density at radius 2 is 1.92 bits per heavy atom. The minimum absolute atomic E-state index is 0.0331. The Hall–Kier alpha value is -5.30. The highest BCUT2D eigenvalue weighted by molar-refractivity contribution is 5.94. The molecule has 0 bridgehead atoms. The Labute approximate surface area is 218 Å². The fourth-order valence-electron chi connectivity index (χ4n) is 4.34. The summed E-state index contributed by atoms with van der Waals surface area (Å²) in [4.78, 5) is 31.6. The molecule has 0 aliphatic heterocycles. The zero-order valence-electron chi connectivity index (χ0n) is 20.8. The van der Waals surface area contributed by atoms with E-state index in [0.717, 1.165) is 5.56 Å². The van der Waals surface area contributed by atoms with Gasteiger partial charge in [0, 0.05) is 12.3 Å². The summed E-state index contributed by atoms with van der Waals surface area (Å²) in [5, 5.41) is 13.3. The number of methoxy groups -OCH3 is 1. The number of rotatable bonds is 7. The number of ether oxygens (including phenoxy) is 1. The average molecular weight is 505 g/mol. The second-order valence-corrected chi connectivity index (χ2v) is 8.44. The lowest BCUT2D eigenvalue weighted by molar-refractivity contribution is 0.398. The zero-order valence-corrected chi connectivity index (χ0v) is 20.8. The molecular formula is C28H24N8O2. The fraction of sp³-hybridized carbons (Fsp3) is 0.143. The van der Waals surface area contributed by atoms with Crippen LogP contribution in [0.2, 0.25) is 0 Å². The van der Waals surface area contributed by atoms with Gasteiger partial charge in [-0.2, -0.15) is 10.2 Å². The number of anilines is 2. The molecule has 38 heavy (non-hydrogen) atoms. The molecule has 5 rings (SSSR count). The van der Waals surface area contributed by atoms with Gasteiger partial charge in [0.15, 0.2) is 0 Å². The van der Waals surface area contributed by atoms with Gasteiger partial charge in [-0.3, -0.25) is 9.36 Å². The third-order valence-corrected chi connectivity index (χ3v) is 6.15. The lowest BCUT2D eigenvalue weighted by atomic mass is 10.0. The zero-order chi connectivity index (χ0) is 26.6. The molecule has 0 aliphatic carbocycles. The number of hydrogen-bond donors (Lipinski definition) is 2. The van der Waals surface area contributed by atoms with Gasteiger partial charge in [-0.15, -0.1) is 0 Å². The van der Waals surface area contributed by atoms with E-state index in [-0.39, 0.29) is 22.9 Å². The first-order valence-corrected chi connectivity index (χ1v) is 11.9. The van der Waals surface area contributed by atoms with Crippen LogP contribution in [0, 0.1) is 11.3 Å². The number of aromatic nitrogens is 5. The Kier molecular flexibility index (Phi) is 6.65. The number of pyridine rings is 1. The molecule has 0 spiro atoms. The molecule has 3 heterocycles. The highest BCUT2D eigenvalue weighted by atomic mass is 16.5. The number of para-hydroxylation sites is 1. The van der Waals surface area contributed by atoms with Crippen molar-refractivity contribution in [1.29, 1.82) is 5.26 Å². The Balaban J connectivity index is 1.77. The number of nitrogens with zero attached hydrogens (tertiary/aromatic N) is 6. The van der Waals surface area contributed by atoms with E-state index in [1.54, 1.807) is 23.9 Å². The summed E-state index contributed by atoms with van der Waals surface area (Å²) in [5.74, 6) is 1.23. The van der Waals surface area contributed by atoms with Gasteiger partial charge in [-0.05, 0) is 41.8 Å². The molecule has 0 amide bonds. The van der Waals surface area contributed by atoms with Gasteiger partial charge >= 0.3 is 0 Å². The first kappa shape index (κ1) is 24.4. The van der Waals surface area contributed by atoms with Gasteiger partial charge in [-0.1, -0.05) is 37.3 Å². The average Bonchev–Trinajstić information content (AvgIpc) is 2.96. The number of fused-ring (bicyclic) bond motifs is 1. The topological polar surface area (TPSA) is 145 Å². The van der Waals surface area contributed by atoms with E-state index in [4.69, 9.17) is 15.5 Å². The van der Waals surface area contributed by atoms with Crippen molar-refractivity contribution in [3.63, 3.8) is 0 Å². The van der Waals surface area contributed by atoms with Crippen molar-refractivity contribution in [2.45, 2.75) is 19.4 Å². The second kappa shape index (κ2) is 10.4. The van der Waals surface area contributed by atoms with Crippen LogP contribution < -0.4 is 21.3 Å². The SMILES string of the molecule is CCC(Nc1nc(N)ncc1C#N)c1nc2cccc(-c3ccnc(OC)c3)c2c(=O)n1-c1ccccc1. The highest BCUT2D eigenvalue weighted by Gasteiger charge is 2.23. The van der Waals surface area contributed by atoms with Gasteiger partial charge < -0.3 is 15.8 Å². The summed E-state index contributed by atoms with van der Waals surface area (Å²) < 4.78 is 6.90. The standard InChI is InChI=1S/C28H24N8O2/c1-3-21(33-25-18(15-29)16-32-28(30)35-25)26-34-22-11-7-10-20(17-12-13-31-23(14-17)38-2)24(22)27(37)36(26)19-8-5-4-6-9-19/h4-14,16,21H,3H2,1-2H3,(H3,30,32,33,35). The summed E-state index contributed by atoms with van der Waals surface area (Å²) in [6.07, 6.45) is 3.55. The first-order chi connectivity index (χ1) is 18.5. The molecule has 3 aromatic heterocycles. The van der Waals surface area contributed by atoms with E-state index in [2.05, 4.69) is 26.3 Å². The highest BCUT2D eigenvalue weighted by Crippen LogP contribution is 2.30. The van der Waals surface area contributed by atoms with Gasteiger partial charge in [0.25, 0.3) is 5.56 Å². The summed E-state index contributed by atoms with van der Waals surface area (Å²) in [6, 6.07) is 20.1.